The number of halogens is 3. The summed E-state index contributed by atoms with van der Waals surface area (Å²) in [6.45, 7) is 1.16. The summed E-state index contributed by atoms with van der Waals surface area (Å²) in [5.74, 6) is 1.56. The summed E-state index contributed by atoms with van der Waals surface area (Å²) in [5, 5.41) is 5.72. The van der Waals surface area contributed by atoms with E-state index in [0.717, 1.165) is 30.1 Å². The predicted octanol–water partition coefficient (Wildman–Crippen LogP) is 6.46. The van der Waals surface area contributed by atoms with Crippen molar-refractivity contribution >= 4 is 59.6 Å². The van der Waals surface area contributed by atoms with E-state index in [1.165, 1.54) is 0 Å². The maximum absolute atomic E-state index is 12.2. The highest BCUT2D eigenvalue weighted by Gasteiger charge is 2.17. The molecule has 6 nitrogen and oxygen atoms in total. The molecule has 2 N–H and O–H groups in total. The number of hydrogen-bond acceptors (Lipinski definition) is 4. The molecule has 2 aliphatic heterocycles. The lowest BCUT2D eigenvalue weighted by Gasteiger charge is -2.18. The summed E-state index contributed by atoms with van der Waals surface area (Å²) in [7, 11) is 0. The van der Waals surface area contributed by atoms with Crippen LogP contribution in [0, 0.1) is 0 Å². The van der Waals surface area contributed by atoms with Crippen LogP contribution in [0.5, 0.6) is 17.2 Å². The predicted molar refractivity (Wildman–Crippen MR) is 149 cm³/mol. The molecule has 4 bridgehead atoms. The molecular weight excluding hydrogens is 656 g/mol. The quantitative estimate of drug-likeness (QED) is 0.333. The largest absolute Gasteiger partial charge is 0.484 e. The second-order valence-electron chi connectivity index (χ2n) is 8.36. The number of carbonyl (C=O) groups excluding carboxylic acids is 2. The summed E-state index contributed by atoms with van der Waals surface area (Å²) in [5.41, 5.74) is 2.99. The molecule has 0 aliphatic carbocycles. The van der Waals surface area contributed by atoms with Gasteiger partial charge < -0.3 is 20.1 Å². The van der Waals surface area contributed by atoms with E-state index in [9.17, 15) is 9.59 Å². The van der Waals surface area contributed by atoms with Gasteiger partial charge in [-0.1, -0.05) is 46.3 Å². The van der Waals surface area contributed by atoms with Gasteiger partial charge in [0.15, 0.2) is 11.5 Å². The number of aryl methyl sites for hydroxylation is 1. The molecule has 2 amide bonds. The Morgan fingerprint density at radius 2 is 1.47 bits per heavy atom. The molecule has 0 saturated carbocycles. The van der Waals surface area contributed by atoms with Gasteiger partial charge in [-0.15, -0.1) is 0 Å². The summed E-state index contributed by atoms with van der Waals surface area (Å²) >= 11 is 10.9. The molecule has 2 heterocycles. The van der Waals surface area contributed by atoms with Gasteiger partial charge in [0.05, 0.1) is 8.95 Å². The second-order valence-corrected chi connectivity index (χ2v) is 10.9. The van der Waals surface area contributed by atoms with Crippen LogP contribution in [0.3, 0.4) is 0 Å². The molecule has 0 saturated heterocycles. The molecule has 5 rings (SSSR count). The van der Waals surface area contributed by atoms with Crippen molar-refractivity contribution < 1.29 is 19.1 Å². The number of amides is 2. The van der Waals surface area contributed by atoms with Crippen molar-refractivity contribution in [2.75, 3.05) is 13.1 Å². The van der Waals surface area contributed by atoms with E-state index < -0.39 is 0 Å². The van der Waals surface area contributed by atoms with Gasteiger partial charge in [-0.25, -0.2) is 0 Å². The Hall–Kier alpha value is -2.36. The first-order valence-corrected chi connectivity index (χ1v) is 14.0. The number of fused-ring (bicyclic) bond motifs is 11. The normalized spacial score (nSPS) is 14.8. The van der Waals surface area contributed by atoms with Crippen LogP contribution in [0.15, 0.2) is 68.0 Å². The monoisotopic (exact) mass is 678 g/mol. The van der Waals surface area contributed by atoms with Crippen LogP contribution in [-0.2, 0) is 29.0 Å². The first kappa shape index (κ1) is 26.7. The lowest BCUT2D eigenvalue weighted by molar-refractivity contribution is -0.122. The van der Waals surface area contributed by atoms with Crippen LogP contribution >= 0.6 is 47.8 Å². The van der Waals surface area contributed by atoms with Gasteiger partial charge in [-0.05, 0) is 85.7 Å². The van der Waals surface area contributed by atoms with Crippen LogP contribution in [0.1, 0.15) is 29.5 Å². The van der Waals surface area contributed by atoms with Crippen LogP contribution in [-0.4, -0.2) is 24.9 Å². The summed E-state index contributed by atoms with van der Waals surface area (Å²) in [4.78, 5) is 24.4. The molecule has 0 spiro atoms. The Labute approximate surface area is 235 Å². The Morgan fingerprint density at radius 1 is 0.750 bits per heavy atom. The maximum atomic E-state index is 12.2. The molecule has 9 heteroatoms. The Balaban J connectivity index is 1.67. The highest BCUT2D eigenvalue weighted by Crippen LogP contribution is 2.42. The highest BCUT2D eigenvalue weighted by molar-refractivity contribution is 9.11. The Morgan fingerprint density at radius 3 is 2.25 bits per heavy atom. The van der Waals surface area contributed by atoms with E-state index in [4.69, 9.17) is 9.47 Å². The molecule has 36 heavy (non-hydrogen) atoms. The van der Waals surface area contributed by atoms with Crippen molar-refractivity contribution in [3.05, 3.63) is 84.7 Å². The van der Waals surface area contributed by atoms with E-state index in [2.05, 4.69) is 58.4 Å². The van der Waals surface area contributed by atoms with Gasteiger partial charge in [0, 0.05) is 30.4 Å². The fourth-order valence-corrected chi connectivity index (χ4v) is 5.35. The number of rotatable bonds is 3. The van der Waals surface area contributed by atoms with Gasteiger partial charge >= 0.3 is 0 Å². The van der Waals surface area contributed by atoms with E-state index in [-0.39, 0.29) is 18.2 Å². The number of carbonyl (C=O) groups is 2. The fourth-order valence-electron chi connectivity index (χ4n) is 3.76. The smallest absolute Gasteiger partial charge is 0.221 e. The molecule has 0 atom stereocenters. The molecule has 0 radical (unpaired) electrons. The van der Waals surface area contributed by atoms with Crippen molar-refractivity contribution in [1.82, 2.24) is 10.6 Å². The lowest BCUT2D eigenvalue weighted by atomic mass is 10.1. The zero-order valence-electron chi connectivity index (χ0n) is 19.4. The van der Waals surface area contributed by atoms with Crippen molar-refractivity contribution in [2.24, 2.45) is 0 Å². The van der Waals surface area contributed by atoms with E-state index in [1.807, 2.05) is 54.6 Å². The molecule has 0 fully saturated rings. The molecule has 188 valence electrons. The molecule has 0 unspecified atom stereocenters. The average Bonchev–Trinajstić information content (AvgIpc) is 2.85. The molecule has 2 aliphatic rings. The van der Waals surface area contributed by atoms with Gasteiger partial charge in [0.1, 0.15) is 12.4 Å². The Kier molecular flexibility index (Phi) is 9.45. The van der Waals surface area contributed by atoms with Gasteiger partial charge in [-0.3, -0.25) is 9.59 Å². The number of ether oxygens (including phenoxy) is 2. The zero-order valence-corrected chi connectivity index (χ0v) is 24.2. The minimum Gasteiger partial charge on any atom is -0.484 e. The topological polar surface area (TPSA) is 76.7 Å². The third-order valence-corrected chi connectivity index (χ3v) is 7.59. The molecule has 3 aromatic rings. The maximum Gasteiger partial charge on any atom is 0.221 e. The van der Waals surface area contributed by atoms with Crippen LogP contribution in [0.2, 0.25) is 0 Å². The van der Waals surface area contributed by atoms with Gasteiger partial charge in [0.25, 0.3) is 0 Å². The van der Waals surface area contributed by atoms with Gasteiger partial charge in [0.2, 0.25) is 11.8 Å². The SMILES string of the molecule is O=C1CCNC(=O)CCc2cc(Br)c(cc2Br)Oc2cc(cc(Br)c2OCc2ccccc2)CCN1. The van der Waals surface area contributed by atoms with Crippen molar-refractivity contribution in [3.63, 3.8) is 0 Å². The average molecular weight is 681 g/mol. The summed E-state index contributed by atoms with van der Waals surface area (Å²) < 4.78 is 14.9. The molecule has 3 aromatic carbocycles. The summed E-state index contributed by atoms with van der Waals surface area (Å²) in [6, 6.07) is 17.7. The Bertz CT molecular complexity index is 1250. The highest BCUT2D eigenvalue weighted by atomic mass is 79.9. The molecule has 0 aromatic heterocycles. The number of hydrogen-bond donors (Lipinski definition) is 2. The minimum atomic E-state index is -0.101. The minimum absolute atomic E-state index is 0.0905. The van der Waals surface area contributed by atoms with Crippen LogP contribution in [0.4, 0.5) is 0 Å². The van der Waals surface area contributed by atoms with Crippen molar-refractivity contribution in [3.8, 4) is 17.2 Å². The summed E-state index contributed by atoms with van der Waals surface area (Å²) in [6.07, 6.45) is 1.71. The van der Waals surface area contributed by atoms with E-state index in [0.29, 0.717) is 56.2 Å². The first-order chi connectivity index (χ1) is 17.4. The van der Waals surface area contributed by atoms with Crippen LogP contribution < -0.4 is 20.1 Å². The van der Waals surface area contributed by atoms with Crippen LogP contribution in [0.25, 0.3) is 0 Å². The standard InChI is InChI=1S/C27H25Br3N2O4/c28-20-15-23-21(29)14-19(20)6-7-25(33)32-11-9-26(34)31-10-8-18-12-22(30)27(24(13-18)36-23)35-16-17-4-2-1-3-5-17/h1-5,12-15H,6-11,16H2,(H,31,34)(H,32,33). The first-order valence-electron chi connectivity index (χ1n) is 11.6. The number of benzene rings is 3. The lowest BCUT2D eigenvalue weighted by Crippen LogP contribution is -2.31. The second kappa shape index (κ2) is 12.7. The van der Waals surface area contributed by atoms with Gasteiger partial charge in [-0.2, -0.15) is 0 Å². The molecular formula is C27H25Br3N2O4. The van der Waals surface area contributed by atoms with E-state index in [1.54, 1.807) is 0 Å². The van der Waals surface area contributed by atoms with Crippen molar-refractivity contribution in [2.45, 2.75) is 32.3 Å². The van der Waals surface area contributed by atoms with E-state index >= 15 is 0 Å². The number of nitrogens with one attached hydrogen (secondary N) is 2. The third kappa shape index (κ3) is 7.33. The zero-order chi connectivity index (χ0) is 25.5. The fraction of sp³-hybridized carbons (Fsp3) is 0.259. The third-order valence-electron chi connectivity index (χ3n) is 5.65. The van der Waals surface area contributed by atoms with Crippen molar-refractivity contribution in [1.29, 1.82) is 0 Å².